The van der Waals surface area contributed by atoms with Crippen LogP contribution in [0.1, 0.15) is 27.7 Å². The molecule has 54 valence electrons. The van der Waals surface area contributed by atoms with Gasteiger partial charge in [0.05, 0.1) is 0 Å². The first-order chi connectivity index (χ1) is 4.27. The molecule has 0 fully saturated rings. The lowest BCUT2D eigenvalue weighted by Gasteiger charge is -1.86. The van der Waals surface area contributed by atoms with Gasteiger partial charge in [-0.2, -0.15) is 5.10 Å². The van der Waals surface area contributed by atoms with E-state index in [4.69, 9.17) is 0 Å². The van der Waals surface area contributed by atoms with Crippen LogP contribution < -0.4 is 5.43 Å². The van der Waals surface area contributed by atoms with Crippen LogP contribution in [0.2, 0.25) is 0 Å². The maximum Gasteiger partial charge on any atom is 0.0186 e. The van der Waals surface area contributed by atoms with E-state index in [-0.39, 0.29) is 0 Å². The zero-order chi connectivity index (χ0) is 7.70. The minimum Gasteiger partial charge on any atom is -0.286 e. The lowest BCUT2D eigenvalue weighted by molar-refractivity contribution is 0.963. The maximum atomic E-state index is 3.40. The molecule has 0 aromatic heterocycles. The van der Waals surface area contributed by atoms with Crippen molar-refractivity contribution in [3.63, 3.8) is 0 Å². The fraction of sp³-hybridized carbons (Fsp3) is 0.571. The summed E-state index contributed by atoms with van der Waals surface area (Å²) < 4.78 is 0. The average molecular weight is 128 g/mol. The first-order valence-corrected chi connectivity index (χ1v) is 3.12. The summed E-state index contributed by atoms with van der Waals surface area (Å²) >= 11 is 0. The van der Waals surface area contributed by atoms with Crippen LogP contribution in [0.4, 0.5) is 0 Å². The summed E-state index contributed by atoms with van der Waals surface area (Å²) in [5.41, 5.74) is 3.79. The van der Waals surface area contributed by atoms with E-state index >= 15 is 0 Å². The summed E-state index contributed by atoms with van der Waals surface area (Å²) in [6.07, 6.45) is 1.78. The van der Waals surface area contributed by atoms with Crippen molar-refractivity contribution in [3.05, 3.63) is 11.8 Å². The second-order valence-electron chi connectivity index (χ2n) is 1.51. The Morgan fingerprint density at radius 2 is 1.89 bits per heavy atom. The first-order valence-electron chi connectivity index (χ1n) is 3.12. The predicted octanol–water partition coefficient (Wildman–Crippen LogP) is 2.14. The molecule has 0 aliphatic rings. The third kappa shape index (κ3) is 19.0. The molecule has 0 aromatic rings. The highest BCUT2D eigenvalue weighted by Gasteiger charge is 1.67. The second kappa shape index (κ2) is 10.2. The van der Waals surface area contributed by atoms with Crippen LogP contribution in [0.15, 0.2) is 16.9 Å². The molecule has 0 saturated carbocycles. The van der Waals surface area contributed by atoms with Gasteiger partial charge >= 0.3 is 0 Å². The number of allylic oxidation sites excluding steroid dienone is 1. The number of rotatable bonds is 2. The van der Waals surface area contributed by atoms with E-state index in [0.29, 0.717) is 0 Å². The minimum atomic E-state index is 1.19. The lowest BCUT2D eigenvalue weighted by Crippen LogP contribution is -1.90. The van der Waals surface area contributed by atoms with Crippen LogP contribution in [0.5, 0.6) is 0 Å². The third-order valence-corrected chi connectivity index (χ3v) is 0.445. The fourth-order valence-corrected chi connectivity index (χ4v) is 0.175. The molecule has 0 atom stereocenters. The van der Waals surface area contributed by atoms with Gasteiger partial charge in [0.1, 0.15) is 0 Å². The number of hydrazone groups is 1. The Hall–Kier alpha value is -0.790. The van der Waals surface area contributed by atoms with Crippen LogP contribution in [0, 0.1) is 0 Å². The molecule has 2 nitrogen and oxygen atoms in total. The van der Waals surface area contributed by atoms with Crippen LogP contribution in [-0.4, -0.2) is 6.72 Å². The number of hydrogen-bond acceptors (Lipinski definition) is 2. The molecule has 0 saturated heterocycles. The first kappa shape index (κ1) is 11.1. The van der Waals surface area contributed by atoms with E-state index in [9.17, 15) is 0 Å². The van der Waals surface area contributed by atoms with Gasteiger partial charge in [-0.3, -0.25) is 5.43 Å². The highest BCUT2D eigenvalue weighted by Crippen LogP contribution is 1.81. The van der Waals surface area contributed by atoms with Gasteiger partial charge < -0.3 is 0 Å². The lowest BCUT2D eigenvalue weighted by atomic mass is 10.4. The molecule has 9 heavy (non-hydrogen) atoms. The Kier molecular flexibility index (Phi) is 12.6. The SMILES string of the molecule is C=NNC=C(C)C.CC. The van der Waals surface area contributed by atoms with Crippen molar-refractivity contribution in [1.82, 2.24) is 5.43 Å². The molecule has 0 unspecified atom stereocenters. The van der Waals surface area contributed by atoms with Crippen molar-refractivity contribution < 1.29 is 0 Å². The van der Waals surface area contributed by atoms with Crippen LogP contribution in [0.25, 0.3) is 0 Å². The molecule has 0 heterocycles. The molecule has 0 aliphatic carbocycles. The van der Waals surface area contributed by atoms with E-state index < -0.39 is 0 Å². The van der Waals surface area contributed by atoms with Crippen LogP contribution in [0.3, 0.4) is 0 Å². The smallest absolute Gasteiger partial charge is 0.0186 e. The number of nitrogens with one attached hydrogen (secondary N) is 1. The van der Waals surface area contributed by atoms with Crippen molar-refractivity contribution in [2.24, 2.45) is 5.10 Å². The zero-order valence-electron chi connectivity index (χ0n) is 6.73. The van der Waals surface area contributed by atoms with Gasteiger partial charge in [-0.05, 0) is 13.8 Å². The number of nitrogens with zero attached hydrogens (tertiary/aromatic N) is 1. The van der Waals surface area contributed by atoms with Crippen molar-refractivity contribution >= 4 is 6.72 Å². The zero-order valence-corrected chi connectivity index (χ0v) is 6.73. The normalized spacial score (nSPS) is 6.22. The molecule has 0 rings (SSSR count). The van der Waals surface area contributed by atoms with Crippen molar-refractivity contribution in [2.45, 2.75) is 27.7 Å². The third-order valence-electron chi connectivity index (χ3n) is 0.445. The summed E-state index contributed by atoms with van der Waals surface area (Å²) in [5.74, 6) is 0. The van der Waals surface area contributed by atoms with Crippen LogP contribution in [-0.2, 0) is 0 Å². The van der Waals surface area contributed by atoms with Gasteiger partial charge in [0.2, 0.25) is 0 Å². The van der Waals surface area contributed by atoms with Gasteiger partial charge in [-0.15, -0.1) is 0 Å². The van der Waals surface area contributed by atoms with Gasteiger partial charge in [-0.25, -0.2) is 0 Å². The Balaban J connectivity index is 0. The summed E-state index contributed by atoms with van der Waals surface area (Å²) in [7, 11) is 0. The quantitative estimate of drug-likeness (QED) is 0.447. The molecular weight excluding hydrogens is 112 g/mol. The summed E-state index contributed by atoms with van der Waals surface area (Å²) in [5, 5.41) is 3.40. The Morgan fingerprint density at radius 1 is 1.44 bits per heavy atom. The van der Waals surface area contributed by atoms with E-state index in [1.165, 1.54) is 5.57 Å². The Bertz CT molecular complexity index is 80.9. The Labute approximate surface area is 57.7 Å². The standard InChI is InChI=1S/C5H10N2.C2H6/c1-5(2)4-7-6-3;1-2/h4,7H,3H2,1-2H3;1-2H3. The molecule has 0 bridgehead atoms. The predicted molar refractivity (Wildman–Crippen MR) is 43.5 cm³/mol. The molecule has 0 spiro atoms. The second-order valence-corrected chi connectivity index (χ2v) is 1.51. The molecule has 1 N–H and O–H groups in total. The van der Waals surface area contributed by atoms with Gasteiger partial charge in [0.15, 0.2) is 0 Å². The van der Waals surface area contributed by atoms with Gasteiger partial charge in [0, 0.05) is 12.9 Å². The highest BCUT2D eigenvalue weighted by atomic mass is 15.3. The van der Waals surface area contributed by atoms with E-state index in [1.807, 2.05) is 27.7 Å². The molecule has 2 heteroatoms. The minimum absolute atomic E-state index is 1.19. The van der Waals surface area contributed by atoms with Crippen molar-refractivity contribution in [1.29, 1.82) is 0 Å². The monoisotopic (exact) mass is 128 g/mol. The van der Waals surface area contributed by atoms with Gasteiger partial charge in [-0.1, -0.05) is 19.4 Å². The molecule has 0 aliphatic heterocycles. The van der Waals surface area contributed by atoms with Crippen LogP contribution >= 0.6 is 0 Å². The topological polar surface area (TPSA) is 24.4 Å². The van der Waals surface area contributed by atoms with Gasteiger partial charge in [0.25, 0.3) is 0 Å². The van der Waals surface area contributed by atoms with Crippen molar-refractivity contribution in [2.75, 3.05) is 0 Å². The van der Waals surface area contributed by atoms with E-state index in [2.05, 4.69) is 17.2 Å². The highest BCUT2D eigenvalue weighted by molar-refractivity contribution is 5.22. The molecule has 0 aromatic carbocycles. The van der Waals surface area contributed by atoms with E-state index in [1.54, 1.807) is 6.20 Å². The van der Waals surface area contributed by atoms with Crippen molar-refractivity contribution in [3.8, 4) is 0 Å². The Morgan fingerprint density at radius 3 is 2.00 bits per heavy atom. The number of hydrogen-bond donors (Lipinski definition) is 1. The molecule has 0 amide bonds. The molecular formula is C7H16N2. The molecule has 0 radical (unpaired) electrons. The summed E-state index contributed by atoms with van der Waals surface area (Å²) in [6, 6.07) is 0. The maximum absolute atomic E-state index is 3.40. The van der Waals surface area contributed by atoms with E-state index in [0.717, 1.165) is 0 Å². The summed E-state index contributed by atoms with van der Waals surface area (Å²) in [6.45, 7) is 11.2. The fourth-order valence-electron chi connectivity index (χ4n) is 0.175. The largest absolute Gasteiger partial charge is 0.286 e. The average Bonchev–Trinajstić information content (AvgIpc) is 1.88. The summed E-state index contributed by atoms with van der Waals surface area (Å²) in [4.78, 5) is 0.